The molecule has 0 aliphatic rings. The molecule has 3 rings (SSSR count). The number of aryl methyl sites for hydroxylation is 1. The predicted octanol–water partition coefficient (Wildman–Crippen LogP) is 3.27. The Labute approximate surface area is 145 Å². The Bertz CT molecular complexity index is 842. The number of rotatable bonds is 6. The van der Waals surface area contributed by atoms with Crippen molar-refractivity contribution in [2.45, 2.75) is 39.0 Å². The Morgan fingerprint density at radius 1 is 1.28 bits per heavy atom. The Morgan fingerprint density at radius 3 is 2.60 bits per heavy atom. The number of benzene rings is 1. The molecule has 2 aromatic heterocycles. The number of aromatic amines is 1. The van der Waals surface area contributed by atoms with E-state index in [9.17, 15) is 10.1 Å². The fourth-order valence-electron chi connectivity index (χ4n) is 2.39. The lowest BCUT2D eigenvalue weighted by Gasteiger charge is -2.14. The van der Waals surface area contributed by atoms with Gasteiger partial charge < -0.3 is 4.74 Å². The third kappa shape index (κ3) is 3.96. The fourth-order valence-corrected chi connectivity index (χ4v) is 2.39. The lowest BCUT2D eigenvalue weighted by molar-refractivity contribution is -0.384. The summed E-state index contributed by atoms with van der Waals surface area (Å²) in [4.78, 5) is 14.7. The molecule has 0 atom stereocenters. The van der Waals surface area contributed by atoms with E-state index in [4.69, 9.17) is 4.74 Å². The molecule has 2 heterocycles. The number of hydrogen-bond acceptors (Lipinski definition) is 5. The van der Waals surface area contributed by atoms with Crippen LogP contribution in [0.4, 0.5) is 5.69 Å². The van der Waals surface area contributed by atoms with Gasteiger partial charge in [0.15, 0.2) is 11.5 Å². The first kappa shape index (κ1) is 16.9. The van der Waals surface area contributed by atoms with Crippen molar-refractivity contribution in [2.24, 2.45) is 0 Å². The second kappa shape index (κ2) is 6.54. The standard InChI is InChI=1S/C17H21N5O3/c1-17(2,3)14-11-16-18-15(20-21(16)19-14)5-4-10-25-13-8-6-12(7-9-13)22(23)24/h6-9,11,19H,4-5,10H2,1-3H3. The Morgan fingerprint density at radius 2 is 2.00 bits per heavy atom. The van der Waals surface area contributed by atoms with E-state index in [1.807, 2.05) is 6.07 Å². The average Bonchev–Trinajstić information content (AvgIpc) is 3.10. The van der Waals surface area contributed by atoms with E-state index < -0.39 is 4.92 Å². The zero-order valence-electron chi connectivity index (χ0n) is 14.5. The second-order valence-electron chi connectivity index (χ2n) is 6.92. The topological polar surface area (TPSA) is 98.3 Å². The molecule has 0 amide bonds. The van der Waals surface area contributed by atoms with Gasteiger partial charge in [-0.1, -0.05) is 20.8 Å². The van der Waals surface area contributed by atoms with Gasteiger partial charge in [0.2, 0.25) is 0 Å². The van der Waals surface area contributed by atoms with Gasteiger partial charge in [0.05, 0.1) is 11.5 Å². The summed E-state index contributed by atoms with van der Waals surface area (Å²) in [5, 5.41) is 18.3. The number of ether oxygens (including phenoxy) is 1. The monoisotopic (exact) mass is 343 g/mol. The highest BCUT2D eigenvalue weighted by Gasteiger charge is 2.18. The molecule has 8 heteroatoms. The van der Waals surface area contributed by atoms with Gasteiger partial charge in [0.25, 0.3) is 5.69 Å². The number of nitrogens with zero attached hydrogens (tertiary/aromatic N) is 4. The van der Waals surface area contributed by atoms with E-state index in [1.54, 1.807) is 16.8 Å². The Hall–Kier alpha value is -2.90. The smallest absolute Gasteiger partial charge is 0.269 e. The van der Waals surface area contributed by atoms with Crippen LogP contribution in [0.5, 0.6) is 5.75 Å². The van der Waals surface area contributed by atoms with Crippen molar-refractivity contribution >= 4 is 11.3 Å². The van der Waals surface area contributed by atoms with Crippen LogP contribution in [-0.2, 0) is 11.8 Å². The number of fused-ring (bicyclic) bond motifs is 1. The van der Waals surface area contributed by atoms with E-state index in [0.29, 0.717) is 18.8 Å². The normalized spacial score (nSPS) is 11.8. The van der Waals surface area contributed by atoms with Crippen LogP contribution < -0.4 is 4.74 Å². The van der Waals surface area contributed by atoms with Crippen molar-refractivity contribution < 1.29 is 9.66 Å². The summed E-state index contributed by atoms with van der Waals surface area (Å²) < 4.78 is 7.29. The van der Waals surface area contributed by atoms with Crippen LogP contribution >= 0.6 is 0 Å². The molecule has 1 N–H and O–H groups in total. The molecule has 0 aliphatic heterocycles. The Kier molecular flexibility index (Phi) is 4.43. The number of aromatic nitrogens is 4. The van der Waals surface area contributed by atoms with Crippen LogP contribution in [0.1, 0.15) is 38.7 Å². The van der Waals surface area contributed by atoms with Crippen LogP contribution in [0.25, 0.3) is 5.65 Å². The summed E-state index contributed by atoms with van der Waals surface area (Å²) in [7, 11) is 0. The maximum absolute atomic E-state index is 10.6. The molecular formula is C17H21N5O3. The molecule has 0 saturated carbocycles. The maximum Gasteiger partial charge on any atom is 0.269 e. The number of nitro benzene ring substituents is 1. The number of H-pyrrole nitrogens is 1. The first-order chi connectivity index (χ1) is 11.8. The van der Waals surface area contributed by atoms with E-state index in [-0.39, 0.29) is 11.1 Å². The van der Waals surface area contributed by atoms with E-state index in [1.165, 1.54) is 12.1 Å². The summed E-state index contributed by atoms with van der Waals surface area (Å²) in [6, 6.07) is 8.09. The molecule has 25 heavy (non-hydrogen) atoms. The molecule has 0 radical (unpaired) electrons. The number of hydrogen-bond donors (Lipinski definition) is 1. The lowest BCUT2D eigenvalue weighted by atomic mass is 9.93. The van der Waals surface area contributed by atoms with E-state index in [2.05, 4.69) is 36.0 Å². The summed E-state index contributed by atoms with van der Waals surface area (Å²) >= 11 is 0. The summed E-state index contributed by atoms with van der Waals surface area (Å²) in [5.41, 5.74) is 1.99. The molecule has 0 unspecified atom stereocenters. The molecule has 0 spiro atoms. The Balaban J connectivity index is 1.51. The average molecular weight is 343 g/mol. The number of non-ortho nitro benzene ring substituents is 1. The van der Waals surface area contributed by atoms with E-state index >= 15 is 0 Å². The third-order valence-corrected chi connectivity index (χ3v) is 3.84. The van der Waals surface area contributed by atoms with Gasteiger partial charge in [-0.3, -0.25) is 15.2 Å². The van der Waals surface area contributed by atoms with Gasteiger partial charge in [-0.25, -0.2) is 4.98 Å². The molecular weight excluding hydrogens is 322 g/mol. The van der Waals surface area contributed by atoms with Gasteiger partial charge >= 0.3 is 0 Å². The van der Waals surface area contributed by atoms with Crippen molar-refractivity contribution in [2.75, 3.05) is 6.61 Å². The predicted molar refractivity (Wildman–Crippen MR) is 93.0 cm³/mol. The summed E-state index contributed by atoms with van der Waals surface area (Å²) in [5.74, 6) is 1.38. The number of nitrogens with one attached hydrogen (secondary N) is 1. The first-order valence-electron chi connectivity index (χ1n) is 8.15. The van der Waals surface area contributed by atoms with Crippen molar-refractivity contribution in [1.82, 2.24) is 19.8 Å². The van der Waals surface area contributed by atoms with Crippen LogP contribution in [0, 0.1) is 10.1 Å². The second-order valence-corrected chi connectivity index (χ2v) is 6.92. The molecule has 0 fully saturated rings. The van der Waals surface area contributed by atoms with Crippen molar-refractivity contribution in [1.29, 1.82) is 0 Å². The number of nitro groups is 1. The third-order valence-electron chi connectivity index (χ3n) is 3.84. The van der Waals surface area contributed by atoms with Crippen LogP contribution in [0.15, 0.2) is 30.3 Å². The molecule has 0 saturated heterocycles. The van der Waals surface area contributed by atoms with E-state index in [0.717, 1.165) is 23.6 Å². The largest absolute Gasteiger partial charge is 0.494 e. The highest BCUT2D eigenvalue weighted by molar-refractivity contribution is 5.40. The summed E-state index contributed by atoms with van der Waals surface area (Å²) in [6.07, 6.45) is 1.46. The van der Waals surface area contributed by atoms with Crippen molar-refractivity contribution in [3.8, 4) is 5.75 Å². The molecule has 0 aliphatic carbocycles. The van der Waals surface area contributed by atoms with Gasteiger partial charge in [-0.2, -0.15) is 4.63 Å². The molecule has 132 valence electrons. The van der Waals surface area contributed by atoms with Crippen molar-refractivity contribution in [3.05, 3.63) is 52.0 Å². The minimum absolute atomic E-state index is 0.0289. The zero-order chi connectivity index (χ0) is 18.0. The SMILES string of the molecule is CC(C)(C)c1cc2nc(CCCOc3ccc([N+](=O)[O-])cc3)nn2[nH]1. The first-order valence-corrected chi connectivity index (χ1v) is 8.15. The van der Waals surface area contributed by atoms with Crippen LogP contribution in [-0.4, -0.2) is 31.3 Å². The summed E-state index contributed by atoms with van der Waals surface area (Å²) in [6.45, 7) is 6.90. The highest BCUT2D eigenvalue weighted by Crippen LogP contribution is 2.21. The highest BCUT2D eigenvalue weighted by atomic mass is 16.6. The van der Waals surface area contributed by atoms with Crippen LogP contribution in [0.3, 0.4) is 0 Å². The molecule has 3 aromatic rings. The molecule has 8 nitrogen and oxygen atoms in total. The van der Waals surface area contributed by atoms with Crippen LogP contribution in [0.2, 0.25) is 0 Å². The minimum Gasteiger partial charge on any atom is -0.494 e. The van der Waals surface area contributed by atoms with Gasteiger partial charge in [-0.05, 0) is 18.6 Å². The van der Waals surface area contributed by atoms with Crippen molar-refractivity contribution in [3.63, 3.8) is 0 Å². The molecule has 0 bridgehead atoms. The van der Waals surface area contributed by atoms with Gasteiger partial charge in [-0.15, -0.1) is 5.10 Å². The molecule has 1 aromatic carbocycles. The van der Waals surface area contributed by atoms with Gasteiger partial charge in [0.1, 0.15) is 5.75 Å². The lowest BCUT2D eigenvalue weighted by Crippen LogP contribution is -2.12. The maximum atomic E-state index is 10.6. The zero-order valence-corrected chi connectivity index (χ0v) is 14.5. The van der Waals surface area contributed by atoms with Gasteiger partial charge in [0, 0.05) is 35.7 Å². The minimum atomic E-state index is -0.430. The quantitative estimate of drug-likeness (QED) is 0.421. The fraction of sp³-hybridized carbons (Fsp3) is 0.412.